The van der Waals surface area contributed by atoms with Gasteiger partial charge in [-0.15, -0.1) is 0 Å². The van der Waals surface area contributed by atoms with Gasteiger partial charge in [0.15, 0.2) is 0 Å². The standard InChI is InChI=1S/C13H14BrClN2/c1-3-11-12(14)13(17(4-2)16-11)9-6-5-7-10(15)8-9/h5-8H,3-4H2,1-2H3. The van der Waals surface area contributed by atoms with Crippen LogP contribution in [0.1, 0.15) is 19.5 Å². The zero-order valence-corrected chi connectivity index (χ0v) is 12.2. The van der Waals surface area contributed by atoms with Gasteiger partial charge in [-0.3, -0.25) is 4.68 Å². The maximum Gasteiger partial charge on any atom is 0.0827 e. The van der Waals surface area contributed by atoms with Crippen molar-refractivity contribution in [2.24, 2.45) is 0 Å². The molecule has 0 N–H and O–H groups in total. The minimum Gasteiger partial charge on any atom is -0.264 e. The highest BCUT2D eigenvalue weighted by atomic mass is 79.9. The molecule has 90 valence electrons. The summed E-state index contributed by atoms with van der Waals surface area (Å²) in [5.41, 5.74) is 3.28. The first kappa shape index (κ1) is 12.7. The van der Waals surface area contributed by atoms with Crippen molar-refractivity contribution in [3.05, 3.63) is 39.5 Å². The highest BCUT2D eigenvalue weighted by Gasteiger charge is 2.15. The molecule has 0 atom stereocenters. The van der Waals surface area contributed by atoms with Crippen LogP contribution in [0.4, 0.5) is 0 Å². The molecule has 0 fully saturated rings. The zero-order valence-electron chi connectivity index (χ0n) is 9.87. The summed E-state index contributed by atoms with van der Waals surface area (Å²) in [6.07, 6.45) is 0.918. The van der Waals surface area contributed by atoms with E-state index in [2.05, 4.69) is 40.9 Å². The van der Waals surface area contributed by atoms with E-state index in [1.807, 2.05) is 22.9 Å². The normalized spacial score (nSPS) is 10.8. The molecule has 17 heavy (non-hydrogen) atoms. The first-order valence-electron chi connectivity index (χ1n) is 5.68. The van der Waals surface area contributed by atoms with E-state index in [9.17, 15) is 0 Å². The van der Waals surface area contributed by atoms with Gasteiger partial charge < -0.3 is 0 Å². The number of aromatic nitrogens is 2. The van der Waals surface area contributed by atoms with E-state index in [1.54, 1.807) is 0 Å². The first-order valence-corrected chi connectivity index (χ1v) is 6.85. The molecule has 0 aliphatic carbocycles. The van der Waals surface area contributed by atoms with Gasteiger partial charge in [-0.2, -0.15) is 5.10 Å². The zero-order chi connectivity index (χ0) is 12.4. The van der Waals surface area contributed by atoms with Crippen LogP contribution >= 0.6 is 27.5 Å². The molecule has 0 saturated heterocycles. The number of aryl methyl sites for hydroxylation is 2. The van der Waals surface area contributed by atoms with Gasteiger partial charge in [-0.05, 0) is 41.4 Å². The number of hydrogen-bond donors (Lipinski definition) is 0. The van der Waals surface area contributed by atoms with Crippen LogP contribution in [0.2, 0.25) is 5.02 Å². The molecule has 0 amide bonds. The number of nitrogens with zero attached hydrogens (tertiary/aromatic N) is 2. The van der Waals surface area contributed by atoms with Gasteiger partial charge >= 0.3 is 0 Å². The van der Waals surface area contributed by atoms with Crippen LogP contribution in [0.25, 0.3) is 11.3 Å². The minimum atomic E-state index is 0.747. The van der Waals surface area contributed by atoms with Crippen molar-refractivity contribution in [3.8, 4) is 11.3 Å². The van der Waals surface area contributed by atoms with Crippen molar-refractivity contribution in [3.63, 3.8) is 0 Å². The highest BCUT2D eigenvalue weighted by Crippen LogP contribution is 2.32. The predicted molar refractivity (Wildman–Crippen MR) is 75.4 cm³/mol. The average molecular weight is 314 g/mol. The summed E-state index contributed by atoms with van der Waals surface area (Å²) in [6.45, 7) is 5.04. The molecular weight excluding hydrogens is 300 g/mol. The third kappa shape index (κ3) is 2.40. The second-order valence-electron chi connectivity index (χ2n) is 3.79. The van der Waals surface area contributed by atoms with Crippen molar-refractivity contribution in [1.82, 2.24) is 9.78 Å². The molecule has 1 aromatic heterocycles. The molecule has 0 radical (unpaired) electrons. The molecule has 0 aliphatic heterocycles. The fourth-order valence-corrected chi connectivity index (χ4v) is 2.84. The van der Waals surface area contributed by atoms with Crippen LogP contribution in [0, 0.1) is 0 Å². The highest BCUT2D eigenvalue weighted by molar-refractivity contribution is 9.10. The number of rotatable bonds is 3. The summed E-state index contributed by atoms with van der Waals surface area (Å²) in [4.78, 5) is 0. The van der Waals surface area contributed by atoms with Crippen molar-refractivity contribution in [2.45, 2.75) is 26.8 Å². The van der Waals surface area contributed by atoms with E-state index in [1.165, 1.54) is 0 Å². The summed E-state index contributed by atoms with van der Waals surface area (Å²) < 4.78 is 3.08. The van der Waals surface area contributed by atoms with Crippen LogP contribution in [0.15, 0.2) is 28.7 Å². The Hall–Kier alpha value is -0.800. The molecule has 0 bridgehead atoms. The fourth-order valence-electron chi connectivity index (χ4n) is 1.86. The third-order valence-electron chi connectivity index (χ3n) is 2.69. The maximum atomic E-state index is 6.04. The number of halogens is 2. The van der Waals surface area contributed by atoms with Gasteiger partial charge in [-0.25, -0.2) is 0 Å². The second kappa shape index (κ2) is 5.23. The third-order valence-corrected chi connectivity index (χ3v) is 3.76. The molecule has 1 heterocycles. The van der Waals surface area contributed by atoms with Crippen molar-refractivity contribution >= 4 is 27.5 Å². The van der Waals surface area contributed by atoms with Crippen LogP contribution in [0.5, 0.6) is 0 Å². The van der Waals surface area contributed by atoms with Crippen LogP contribution in [-0.2, 0) is 13.0 Å². The average Bonchev–Trinajstić information content (AvgIpc) is 2.65. The molecule has 2 aromatic rings. The molecule has 0 saturated carbocycles. The van der Waals surface area contributed by atoms with Crippen molar-refractivity contribution in [2.75, 3.05) is 0 Å². The molecule has 4 heteroatoms. The lowest BCUT2D eigenvalue weighted by Crippen LogP contribution is -1.99. The van der Waals surface area contributed by atoms with Gasteiger partial charge in [0, 0.05) is 17.1 Å². The van der Waals surface area contributed by atoms with Gasteiger partial charge in [0.2, 0.25) is 0 Å². The molecular formula is C13H14BrClN2. The number of benzene rings is 1. The fraction of sp³-hybridized carbons (Fsp3) is 0.308. The molecule has 2 nitrogen and oxygen atoms in total. The minimum absolute atomic E-state index is 0.747. The van der Waals surface area contributed by atoms with Gasteiger partial charge in [0.25, 0.3) is 0 Å². The number of hydrogen-bond acceptors (Lipinski definition) is 1. The van der Waals surface area contributed by atoms with E-state index < -0.39 is 0 Å². The van der Waals surface area contributed by atoms with E-state index in [-0.39, 0.29) is 0 Å². The first-order chi connectivity index (χ1) is 8.17. The van der Waals surface area contributed by atoms with Crippen LogP contribution < -0.4 is 0 Å². The Kier molecular flexibility index (Phi) is 3.89. The lowest BCUT2D eigenvalue weighted by Gasteiger charge is -2.05. The summed E-state index contributed by atoms with van der Waals surface area (Å²) in [7, 11) is 0. The SMILES string of the molecule is CCc1nn(CC)c(-c2cccc(Cl)c2)c1Br. The van der Waals surface area contributed by atoms with Crippen LogP contribution in [-0.4, -0.2) is 9.78 Å². The predicted octanol–water partition coefficient (Wildman–Crippen LogP) is 4.55. The summed E-state index contributed by atoms with van der Waals surface area (Å²) >= 11 is 9.68. The van der Waals surface area contributed by atoms with Gasteiger partial charge in [0.1, 0.15) is 0 Å². The van der Waals surface area contributed by atoms with E-state index in [0.29, 0.717) is 0 Å². The molecule has 0 spiro atoms. The maximum absolute atomic E-state index is 6.04. The quantitative estimate of drug-likeness (QED) is 0.813. The van der Waals surface area contributed by atoms with E-state index >= 15 is 0 Å². The van der Waals surface area contributed by atoms with Crippen molar-refractivity contribution in [1.29, 1.82) is 0 Å². The summed E-state index contributed by atoms with van der Waals surface area (Å²) in [5.74, 6) is 0. The van der Waals surface area contributed by atoms with Crippen molar-refractivity contribution < 1.29 is 0 Å². The second-order valence-corrected chi connectivity index (χ2v) is 5.02. The molecule has 1 aromatic carbocycles. The van der Waals surface area contributed by atoms with E-state index in [4.69, 9.17) is 11.6 Å². The molecule has 2 rings (SSSR count). The Bertz CT molecular complexity index is 534. The molecule has 0 aliphatic rings. The Morgan fingerprint density at radius 1 is 1.35 bits per heavy atom. The van der Waals surface area contributed by atoms with Gasteiger partial charge in [0.05, 0.1) is 15.9 Å². The van der Waals surface area contributed by atoms with E-state index in [0.717, 1.165) is 39.4 Å². The Balaban J connectivity index is 2.61. The Morgan fingerprint density at radius 3 is 2.71 bits per heavy atom. The topological polar surface area (TPSA) is 17.8 Å². The van der Waals surface area contributed by atoms with Gasteiger partial charge in [-0.1, -0.05) is 30.7 Å². The Morgan fingerprint density at radius 2 is 2.12 bits per heavy atom. The Labute approximate surface area is 115 Å². The lowest BCUT2D eigenvalue weighted by atomic mass is 10.1. The smallest absolute Gasteiger partial charge is 0.0827 e. The lowest BCUT2D eigenvalue weighted by molar-refractivity contribution is 0.655. The molecule has 0 unspecified atom stereocenters. The largest absolute Gasteiger partial charge is 0.264 e. The monoisotopic (exact) mass is 312 g/mol. The summed E-state index contributed by atoms with van der Waals surface area (Å²) in [6, 6.07) is 7.86. The van der Waals surface area contributed by atoms with Crippen LogP contribution in [0.3, 0.4) is 0 Å². The summed E-state index contributed by atoms with van der Waals surface area (Å²) in [5, 5.41) is 5.33.